The van der Waals surface area contributed by atoms with Crippen LogP contribution in [0.2, 0.25) is 18.1 Å². The van der Waals surface area contributed by atoms with E-state index in [1.165, 1.54) is 0 Å². The molecule has 5 heteroatoms. The van der Waals surface area contributed by atoms with Crippen LogP contribution in [0.25, 0.3) is 0 Å². The van der Waals surface area contributed by atoms with E-state index < -0.39 is 19.2 Å². The van der Waals surface area contributed by atoms with Gasteiger partial charge in [-0.2, -0.15) is 0 Å². The third-order valence-corrected chi connectivity index (χ3v) is 10.2. The quantitative estimate of drug-likeness (QED) is 0.291. The van der Waals surface area contributed by atoms with E-state index in [1.807, 2.05) is 60.7 Å². The molecular weight excluding hydrogens is 420 g/mol. The summed E-state index contributed by atoms with van der Waals surface area (Å²) in [4.78, 5) is 12.2. The Kier molecular flexibility index (Phi) is 7.43. The van der Waals surface area contributed by atoms with Gasteiger partial charge in [-0.05, 0) is 29.3 Å². The van der Waals surface area contributed by atoms with Gasteiger partial charge in [-0.15, -0.1) is 0 Å². The molecule has 0 heterocycles. The zero-order valence-electron chi connectivity index (χ0n) is 16.7. The van der Waals surface area contributed by atoms with Crippen molar-refractivity contribution >= 4 is 30.2 Å². The Morgan fingerprint density at radius 1 is 0.963 bits per heavy atom. The van der Waals surface area contributed by atoms with Crippen molar-refractivity contribution < 1.29 is 14.0 Å². The zero-order valence-corrected chi connectivity index (χ0v) is 19.3. The van der Waals surface area contributed by atoms with Crippen LogP contribution in [0.5, 0.6) is 0 Å². The van der Waals surface area contributed by atoms with E-state index in [4.69, 9.17) is 9.16 Å². The van der Waals surface area contributed by atoms with Crippen molar-refractivity contribution in [3.05, 3.63) is 71.8 Å². The van der Waals surface area contributed by atoms with Crippen LogP contribution in [0.1, 0.15) is 38.0 Å². The smallest absolute Gasteiger partial charge is 0.323 e. The van der Waals surface area contributed by atoms with Crippen molar-refractivity contribution in [3.8, 4) is 0 Å². The van der Waals surface area contributed by atoms with Crippen molar-refractivity contribution in [2.75, 3.05) is 6.61 Å². The summed E-state index contributed by atoms with van der Waals surface area (Å²) in [7, 11) is -1.92. The van der Waals surface area contributed by atoms with Crippen LogP contribution in [0, 0.1) is 0 Å². The topological polar surface area (TPSA) is 35.5 Å². The first-order chi connectivity index (χ1) is 12.6. The normalized spacial score (nSPS) is 13.4. The molecular formula is C22H29BrO3Si. The lowest BCUT2D eigenvalue weighted by atomic mass is 10.0. The van der Waals surface area contributed by atoms with E-state index in [-0.39, 0.29) is 11.0 Å². The average molecular weight is 449 g/mol. The molecule has 0 bridgehead atoms. The third kappa shape index (κ3) is 6.03. The second-order valence-electron chi connectivity index (χ2n) is 8.18. The fourth-order valence-electron chi connectivity index (χ4n) is 2.34. The van der Waals surface area contributed by atoms with E-state index in [0.29, 0.717) is 6.61 Å². The summed E-state index contributed by atoms with van der Waals surface area (Å²) < 4.78 is 12.0. The van der Waals surface area contributed by atoms with E-state index in [0.717, 1.165) is 11.1 Å². The lowest BCUT2D eigenvalue weighted by molar-refractivity contribution is -0.147. The number of halogens is 1. The van der Waals surface area contributed by atoms with Gasteiger partial charge in [0.15, 0.2) is 14.4 Å². The van der Waals surface area contributed by atoms with Gasteiger partial charge in [-0.1, -0.05) is 97.4 Å². The molecule has 0 radical (unpaired) electrons. The largest absolute Gasteiger partial charge is 0.452 e. The molecule has 1 unspecified atom stereocenters. The molecule has 2 rings (SSSR count). The molecule has 2 aromatic rings. The van der Waals surface area contributed by atoms with Gasteiger partial charge in [0.2, 0.25) is 0 Å². The number of carbonyl (C=O) groups excluding carboxylic acids is 1. The number of hydrogen-bond acceptors (Lipinski definition) is 3. The molecule has 0 fully saturated rings. The minimum atomic E-state index is -1.92. The van der Waals surface area contributed by atoms with Crippen LogP contribution in [0.15, 0.2) is 60.7 Å². The number of alkyl halides is 1. The maximum absolute atomic E-state index is 12.7. The fraction of sp³-hybridized carbons (Fsp3) is 0.409. The second kappa shape index (κ2) is 9.17. The molecule has 0 aromatic heterocycles. The van der Waals surface area contributed by atoms with E-state index >= 15 is 0 Å². The maximum atomic E-state index is 12.7. The van der Waals surface area contributed by atoms with Crippen molar-refractivity contribution in [1.29, 1.82) is 0 Å². The zero-order chi connectivity index (χ0) is 20.1. The predicted octanol–water partition coefficient (Wildman–Crippen LogP) is 6.10. The summed E-state index contributed by atoms with van der Waals surface area (Å²) in [5.41, 5.74) is 1.89. The number of hydrogen-bond donors (Lipinski definition) is 0. The first kappa shape index (κ1) is 21.9. The molecule has 0 spiro atoms. The molecule has 2 aromatic carbocycles. The number of benzene rings is 2. The molecule has 0 saturated carbocycles. The van der Waals surface area contributed by atoms with Gasteiger partial charge in [0.1, 0.15) is 4.83 Å². The molecule has 1 atom stereocenters. The average Bonchev–Trinajstić information content (AvgIpc) is 2.64. The molecule has 3 nitrogen and oxygen atoms in total. The van der Waals surface area contributed by atoms with Gasteiger partial charge < -0.3 is 9.16 Å². The van der Waals surface area contributed by atoms with Gasteiger partial charge in [0.05, 0.1) is 6.61 Å². The highest BCUT2D eigenvalue weighted by atomic mass is 79.9. The summed E-state index contributed by atoms with van der Waals surface area (Å²) in [6, 6.07) is 19.6. The fourth-order valence-corrected chi connectivity index (χ4v) is 3.84. The van der Waals surface area contributed by atoms with Gasteiger partial charge in [0.25, 0.3) is 0 Å². The first-order valence-electron chi connectivity index (χ1n) is 9.20. The number of rotatable bonds is 7. The van der Waals surface area contributed by atoms with Gasteiger partial charge in [0, 0.05) is 0 Å². The molecule has 0 aliphatic heterocycles. The second-order valence-corrected chi connectivity index (χ2v) is 14.1. The first-order valence-corrected chi connectivity index (χ1v) is 13.0. The number of carbonyl (C=O) groups is 1. The Hall–Kier alpha value is -1.43. The summed E-state index contributed by atoms with van der Waals surface area (Å²) in [5, 5.41) is 0.0975. The van der Waals surface area contributed by atoms with Crippen LogP contribution in [-0.4, -0.2) is 25.7 Å². The van der Waals surface area contributed by atoms with E-state index in [2.05, 4.69) is 49.8 Å². The third-order valence-electron chi connectivity index (χ3n) is 5.09. The van der Waals surface area contributed by atoms with Crippen LogP contribution in [0.4, 0.5) is 0 Å². The minimum absolute atomic E-state index is 0.0975. The van der Waals surface area contributed by atoms with Crippen LogP contribution in [0.3, 0.4) is 0 Å². The van der Waals surface area contributed by atoms with Crippen molar-refractivity contribution in [2.45, 2.75) is 49.8 Å². The van der Waals surface area contributed by atoms with Crippen molar-refractivity contribution in [1.82, 2.24) is 0 Å². The molecule has 146 valence electrons. The Morgan fingerprint density at radius 2 is 1.41 bits per heavy atom. The van der Waals surface area contributed by atoms with Crippen molar-refractivity contribution in [3.63, 3.8) is 0 Å². The molecule has 0 saturated heterocycles. The van der Waals surface area contributed by atoms with Crippen LogP contribution < -0.4 is 0 Å². The minimum Gasteiger partial charge on any atom is -0.452 e. The van der Waals surface area contributed by atoms with E-state index in [9.17, 15) is 4.79 Å². The molecule has 0 N–H and O–H groups in total. The molecule has 27 heavy (non-hydrogen) atoms. The maximum Gasteiger partial charge on any atom is 0.323 e. The number of esters is 1. The lowest BCUT2D eigenvalue weighted by Gasteiger charge is -2.36. The SMILES string of the molecule is CC(C)(C)[Si](C)(C)OCC(Br)C(=O)OC(c1ccccc1)c1ccccc1. The Balaban J connectivity index is 2.10. The highest BCUT2D eigenvalue weighted by Gasteiger charge is 2.38. The highest BCUT2D eigenvalue weighted by molar-refractivity contribution is 9.10. The summed E-state index contributed by atoms with van der Waals surface area (Å²) in [5.74, 6) is -0.314. The number of ether oxygens (including phenoxy) is 1. The Bertz CT molecular complexity index is 687. The molecule has 0 aliphatic rings. The Morgan fingerprint density at radius 3 is 1.81 bits per heavy atom. The van der Waals surface area contributed by atoms with Crippen LogP contribution in [-0.2, 0) is 14.0 Å². The summed E-state index contributed by atoms with van der Waals surface area (Å²) in [6.45, 7) is 11.2. The lowest BCUT2D eigenvalue weighted by Crippen LogP contribution is -2.43. The van der Waals surface area contributed by atoms with Gasteiger partial charge >= 0.3 is 5.97 Å². The Labute approximate surface area is 172 Å². The highest BCUT2D eigenvalue weighted by Crippen LogP contribution is 2.37. The molecule has 0 amide bonds. The standard InChI is InChI=1S/C22H29BrO3Si/c1-22(2,3)27(4,5)25-16-19(23)21(24)26-20(17-12-8-6-9-13-17)18-14-10-7-11-15-18/h6-15,19-20H,16H2,1-5H3. The van der Waals surface area contributed by atoms with E-state index in [1.54, 1.807) is 0 Å². The van der Waals surface area contributed by atoms with Crippen molar-refractivity contribution in [2.24, 2.45) is 0 Å². The molecule has 0 aliphatic carbocycles. The summed E-state index contributed by atoms with van der Waals surface area (Å²) >= 11 is 3.46. The van der Waals surface area contributed by atoms with Gasteiger partial charge in [-0.25, -0.2) is 0 Å². The predicted molar refractivity (Wildman–Crippen MR) is 117 cm³/mol. The van der Waals surface area contributed by atoms with Crippen LogP contribution >= 0.6 is 15.9 Å². The monoisotopic (exact) mass is 448 g/mol. The van der Waals surface area contributed by atoms with Gasteiger partial charge in [-0.3, -0.25) is 4.79 Å². The summed E-state index contributed by atoms with van der Waals surface area (Å²) in [6.07, 6.45) is -0.437.